The predicted octanol–water partition coefficient (Wildman–Crippen LogP) is 5.34. The van der Waals surface area contributed by atoms with Crippen LogP contribution in [0.3, 0.4) is 0 Å². The Hall–Kier alpha value is -2.33. The fourth-order valence-electron chi connectivity index (χ4n) is 4.42. The van der Waals surface area contributed by atoms with E-state index in [0.717, 1.165) is 31.3 Å². The summed E-state index contributed by atoms with van der Waals surface area (Å²) in [6, 6.07) is 12.6. The fraction of sp³-hybridized carbons (Fsp3) is 0.480. The van der Waals surface area contributed by atoms with Crippen LogP contribution in [0, 0.1) is 5.92 Å². The summed E-state index contributed by atoms with van der Waals surface area (Å²) in [6.45, 7) is 3.12. The summed E-state index contributed by atoms with van der Waals surface area (Å²) in [6.07, 6.45) is 14.2. The van der Waals surface area contributed by atoms with Crippen molar-refractivity contribution in [2.45, 2.75) is 51.2 Å². The highest BCUT2D eigenvalue weighted by atomic mass is 16.5. The molecule has 1 aromatic heterocycles. The summed E-state index contributed by atoms with van der Waals surface area (Å²) in [5, 5.41) is 0. The molecule has 4 nitrogen and oxygen atoms in total. The Balaban J connectivity index is 1.31. The number of nitrogens with zero attached hydrogens (tertiary/aromatic N) is 2. The van der Waals surface area contributed by atoms with E-state index in [1.807, 2.05) is 6.07 Å². The minimum atomic E-state index is 0.400. The molecule has 4 rings (SSSR count). The van der Waals surface area contributed by atoms with Crippen molar-refractivity contribution in [3.05, 3.63) is 59.8 Å². The van der Waals surface area contributed by atoms with Gasteiger partial charge in [0.2, 0.25) is 5.88 Å². The quantitative estimate of drug-likeness (QED) is 0.637. The van der Waals surface area contributed by atoms with E-state index in [4.69, 9.17) is 9.47 Å². The maximum absolute atomic E-state index is 6.27. The number of methoxy groups -OCH3 is 1. The number of rotatable bonds is 7. The standard InChI is InChI=1S/C25H32N2O2/c1-28-25-22(8-6-16-26-25)19-27-17-14-20(15-18-27)12-13-21-7-2-5-11-24(21)29-23-9-3-4-10-23/h2,5-8,11-13,16,20,23H,3-4,9-10,14-15,17-19H2,1H3. The van der Waals surface area contributed by atoms with Crippen molar-refractivity contribution in [2.24, 2.45) is 5.92 Å². The Morgan fingerprint density at radius 1 is 1.03 bits per heavy atom. The molecular weight excluding hydrogens is 360 g/mol. The number of hydrogen-bond acceptors (Lipinski definition) is 4. The lowest BCUT2D eigenvalue weighted by molar-refractivity contribution is 0.193. The van der Waals surface area contributed by atoms with Crippen LogP contribution in [-0.4, -0.2) is 36.2 Å². The molecule has 0 bridgehead atoms. The molecule has 4 heteroatoms. The summed E-state index contributed by atoms with van der Waals surface area (Å²) < 4.78 is 11.7. The molecule has 0 amide bonds. The van der Waals surface area contributed by atoms with E-state index in [0.29, 0.717) is 12.0 Å². The second kappa shape index (κ2) is 9.93. The van der Waals surface area contributed by atoms with Crippen LogP contribution < -0.4 is 9.47 Å². The monoisotopic (exact) mass is 392 g/mol. The van der Waals surface area contributed by atoms with E-state index < -0.39 is 0 Å². The zero-order valence-corrected chi connectivity index (χ0v) is 17.4. The third kappa shape index (κ3) is 5.39. The van der Waals surface area contributed by atoms with Gasteiger partial charge in [-0.15, -0.1) is 0 Å². The molecular formula is C25H32N2O2. The summed E-state index contributed by atoms with van der Waals surface area (Å²) in [5.41, 5.74) is 2.38. The van der Waals surface area contributed by atoms with Crippen molar-refractivity contribution in [1.29, 1.82) is 0 Å². The minimum absolute atomic E-state index is 0.400. The molecule has 0 atom stereocenters. The minimum Gasteiger partial charge on any atom is -0.490 e. The van der Waals surface area contributed by atoms with E-state index in [2.05, 4.69) is 52.4 Å². The molecule has 0 spiro atoms. The van der Waals surface area contributed by atoms with E-state index in [9.17, 15) is 0 Å². The first-order valence-corrected chi connectivity index (χ1v) is 11.0. The average molecular weight is 393 g/mol. The molecule has 2 heterocycles. The van der Waals surface area contributed by atoms with Crippen LogP contribution in [0.5, 0.6) is 11.6 Å². The molecule has 29 heavy (non-hydrogen) atoms. The first-order valence-electron chi connectivity index (χ1n) is 11.0. The van der Waals surface area contributed by atoms with Gasteiger partial charge >= 0.3 is 0 Å². The van der Waals surface area contributed by atoms with Gasteiger partial charge in [-0.3, -0.25) is 4.90 Å². The molecule has 1 aromatic carbocycles. The Labute approximate surface area is 174 Å². The summed E-state index contributed by atoms with van der Waals surface area (Å²) in [5.74, 6) is 2.41. The maximum atomic E-state index is 6.27. The van der Waals surface area contributed by atoms with Gasteiger partial charge in [0, 0.05) is 23.9 Å². The van der Waals surface area contributed by atoms with Gasteiger partial charge in [-0.05, 0) is 69.7 Å². The second-order valence-corrected chi connectivity index (χ2v) is 8.21. The number of piperidine rings is 1. The molecule has 1 saturated heterocycles. The number of hydrogen-bond donors (Lipinski definition) is 0. The number of aromatic nitrogens is 1. The first kappa shape index (κ1) is 20.0. The molecule has 1 aliphatic heterocycles. The number of allylic oxidation sites excluding steroid dienone is 1. The molecule has 2 aromatic rings. The lowest BCUT2D eigenvalue weighted by atomic mass is 9.95. The SMILES string of the molecule is COc1ncccc1CN1CCC(C=Cc2ccccc2OC2CCCC2)CC1. The highest BCUT2D eigenvalue weighted by Crippen LogP contribution is 2.29. The van der Waals surface area contributed by atoms with Gasteiger partial charge in [-0.1, -0.05) is 36.4 Å². The van der Waals surface area contributed by atoms with E-state index >= 15 is 0 Å². The van der Waals surface area contributed by atoms with Crippen LogP contribution in [-0.2, 0) is 6.54 Å². The van der Waals surface area contributed by atoms with Crippen LogP contribution in [0.15, 0.2) is 48.7 Å². The van der Waals surface area contributed by atoms with Crippen molar-refractivity contribution < 1.29 is 9.47 Å². The van der Waals surface area contributed by atoms with Gasteiger partial charge in [-0.25, -0.2) is 4.98 Å². The molecule has 2 fully saturated rings. The molecule has 154 valence electrons. The van der Waals surface area contributed by atoms with Gasteiger partial charge in [0.05, 0.1) is 13.2 Å². The van der Waals surface area contributed by atoms with E-state index in [-0.39, 0.29) is 0 Å². The van der Waals surface area contributed by atoms with Crippen LogP contribution >= 0.6 is 0 Å². The third-order valence-corrected chi connectivity index (χ3v) is 6.13. The smallest absolute Gasteiger partial charge is 0.217 e. The van der Waals surface area contributed by atoms with Crippen molar-refractivity contribution >= 4 is 6.08 Å². The van der Waals surface area contributed by atoms with Crippen molar-refractivity contribution in [1.82, 2.24) is 9.88 Å². The van der Waals surface area contributed by atoms with Crippen molar-refractivity contribution in [2.75, 3.05) is 20.2 Å². The molecule has 2 aliphatic rings. The largest absolute Gasteiger partial charge is 0.490 e. The van der Waals surface area contributed by atoms with Crippen LogP contribution in [0.4, 0.5) is 0 Å². The molecule has 1 saturated carbocycles. The van der Waals surface area contributed by atoms with Crippen molar-refractivity contribution in [3.63, 3.8) is 0 Å². The van der Waals surface area contributed by atoms with Gasteiger partial charge in [0.1, 0.15) is 5.75 Å². The second-order valence-electron chi connectivity index (χ2n) is 8.21. The summed E-state index contributed by atoms with van der Waals surface area (Å²) in [4.78, 5) is 6.81. The molecule has 0 N–H and O–H groups in total. The third-order valence-electron chi connectivity index (χ3n) is 6.13. The predicted molar refractivity (Wildman–Crippen MR) is 117 cm³/mol. The Morgan fingerprint density at radius 3 is 2.62 bits per heavy atom. The zero-order valence-electron chi connectivity index (χ0n) is 17.4. The number of pyridine rings is 1. The number of benzene rings is 1. The number of para-hydroxylation sites is 1. The van der Waals surface area contributed by atoms with Crippen LogP contribution in [0.2, 0.25) is 0 Å². The maximum Gasteiger partial charge on any atom is 0.217 e. The van der Waals surface area contributed by atoms with Gasteiger partial charge in [0.15, 0.2) is 0 Å². The topological polar surface area (TPSA) is 34.6 Å². The highest BCUT2D eigenvalue weighted by Gasteiger charge is 2.20. The lowest BCUT2D eigenvalue weighted by Gasteiger charge is -2.30. The number of ether oxygens (including phenoxy) is 2. The zero-order chi connectivity index (χ0) is 19.9. The van der Waals surface area contributed by atoms with Crippen molar-refractivity contribution in [3.8, 4) is 11.6 Å². The Morgan fingerprint density at radius 2 is 1.83 bits per heavy atom. The van der Waals surface area contributed by atoms with Gasteiger partial charge < -0.3 is 9.47 Å². The molecule has 0 radical (unpaired) electrons. The van der Waals surface area contributed by atoms with E-state index in [1.165, 1.54) is 49.7 Å². The molecule has 0 unspecified atom stereocenters. The normalized spacial score (nSPS) is 19.1. The Kier molecular flexibility index (Phi) is 6.83. The average Bonchev–Trinajstić information content (AvgIpc) is 3.28. The first-order chi connectivity index (χ1) is 14.3. The number of likely N-dealkylation sites (tertiary alicyclic amines) is 1. The van der Waals surface area contributed by atoms with E-state index in [1.54, 1.807) is 13.3 Å². The molecule has 1 aliphatic carbocycles. The lowest BCUT2D eigenvalue weighted by Crippen LogP contribution is -2.32. The fourth-order valence-corrected chi connectivity index (χ4v) is 4.42. The van der Waals surface area contributed by atoms with Gasteiger partial charge in [0.25, 0.3) is 0 Å². The summed E-state index contributed by atoms with van der Waals surface area (Å²) >= 11 is 0. The van der Waals surface area contributed by atoms with Gasteiger partial charge in [-0.2, -0.15) is 0 Å². The van der Waals surface area contributed by atoms with Crippen LogP contribution in [0.25, 0.3) is 6.08 Å². The highest BCUT2D eigenvalue weighted by molar-refractivity contribution is 5.57. The summed E-state index contributed by atoms with van der Waals surface area (Å²) in [7, 11) is 1.69. The van der Waals surface area contributed by atoms with Crippen LogP contribution in [0.1, 0.15) is 49.7 Å². The Bertz CT molecular complexity index is 806.